The van der Waals surface area contributed by atoms with E-state index in [1.165, 1.54) is 0 Å². The largest absolute Gasteiger partial charge is 0.361 e. The Labute approximate surface area is 89.2 Å². The van der Waals surface area contributed by atoms with E-state index in [0.29, 0.717) is 30.1 Å². The summed E-state index contributed by atoms with van der Waals surface area (Å²) in [4.78, 5) is 13.6. The van der Waals surface area contributed by atoms with E-state index in [2.05, 4.69) is 5.16 Å². The van der Waals surface area contributed by atoms with Crippen LogP contribution in [0.5, 0.6) is 0 Å². The molecule has 0 aliphatic rings. The zero-order valence-corrected chi connectivity index (χ0v) is 9.41. The Morgan fingerprint density at radius 2 is 2.07 bits per heavy atom. The molecule has 0 aliphatic carbocycles. The maximum Gasteiger partial charge on any atom is 0.276 e. The van der Waals surface area contributed by atoms with Crippen LogP contribution in [0.25, 0.3) is 0 Å². The lowest BCUT2D eigenvalue weighted by Crippen LogP contribution is -2.31. The van der Waals surface area contributed by atoms with Crippen LogP contribution in [-0.4, -0.2) is 29.1 Å². The average Bonchev–Trinajstić information content (AvgIpc) is 2.61. The fraction of sp³-hybridized carbons (Fsp3) is 0.600. The van der Waals surface area contributed by atoms with Crippen molar-refractivity contribution >= 4 is 5.91 Å². The van der Waals surface area contributed by atoms with Crippen LogP contribution in [0, 0.1) is 6.92 Å². The van der Waals surface area contributed by atoms with Crippen molar-refractivity contribution in [3.8, 4) is 0 Å². The molecule has 1 aromatic rings. The molecule has 1 aromatic heterocycles. The molecule has 1 heterocycles. The average molecular weight is 211 g/mol. The second kappa shape index (κ2) is 4.93. The molecule has 0 radical (unpaired) electrons. The molecule has 84 valence electrons. The predicted molar refractivity (Wildman–Crippen MR) is 56.4 cm³/mol. The Bertz CT molecular complexity index is 342. The van der Waals surface area contributed by atoms with Crippen LogP contribution in [-0.2, 0) is 6.54 Å². The normalized spacial score (nSPS) is 10.4. The monoisotopic (exact) mass is 211 g/mol. The summed E-state index contributed by atoms with van der Waals surface area (Å²) in [5, 5.41) is 3.76. The molecule has 0 fully saturated rings. The van der Waals surface area contributed by atoms with Crippen molar-refractivity contribution in [3.63, 3.8) is 0 Å². The Hall–Kier alpha value is -1.36. The van der Waals surface area contributed by atoms with Gasteiger partial charge in [-0.3, -0.25) is 4.79 Å². The summed E-state index contributed by atoms with van der Waals surface area (Å²) in [6.07, 6.45) is 0. The number of aromatic nitrogens is 1. The number of nitrogens with two attached hydrogens (primary N) is 1. The predicted octanol–water partition coefficient (Wildman–Crippen LogP) is 0.924. The van der Waals surface area contributed by atoms with Crippen molar-refractivity contribution in [1.82, 2.24) is 10.1 Å². The number of carbonyl (C=O) groups excluding carboxylic acids is 1. The zero-order valence-electron chi connectivity index (χ0n) is 9.41. The van der Waals surface area contributed by atoms with Crippen LogP contribution in [0.15, 0.2) is 4.52 Å². The highest BCUT2D eigenvalue weighted by Gasteiger charge is 2.21. The number of aryl methyl sites for hydroxylation is 1. The first-order valence-electron chi connectivity index (χ1n) is 5.10. The SMILES string of the molecule is CCN(CC)C(=O)c1noc(C)c1CN. The first-order chi connectivity index (χ1) is 7.15. The lowest BCUT2D eigenvalue weighted by molar-refractivity contribution is 0.0761. The van der Waals surface area contributed by atoms with Gasteiger partial charge < -0.3 is 15.2 Å². The first kappa shape index (κ1) is 11.7. The Balaban J connectivity index is 3.00. The van der Waals surface area contributed by atoms with Crippen molar-refractivity contribution < 1.29 is 9.32 Å². The number of rotatable bonds is 4. The van der Waals surface area contributed by atoms with Gasteiger partial charge in [-0.2, -0.15) is 0 Å². The Morgan fingerprint density at radius 1 is 1.47 bits per heavy atom. The summed E-state index contributed by atoms with van der Waals surface area (Å²) in [6, 6.07) is 0. The van der Waals surface area contributed by atoms with E-state index in [9.17, 15) is 4.79 Å². The van der Waals surface area contributed by atoms with E-state index in [1.807, 2.05) is 13.8 Å². The topological polar surface area (TPSA) is 72.4 Å². The molecule has 15 heavy (non-hydrogen) atoms. The van der Waals surface area contributed by atoms with Gasteiger partial charge in [0.25, 0.3) is 5.91 Å². The molecule has 0 aromatic carbocycles. The van der Waals surface area contributed by atoms with Gasteiger partial charge in [-0.15, -0.1) is 0 Å². The molecular weight excluding hydrogens is 194 g/mol. The maximum absolute atomic E-state index is 11.9. The van der Waals surface area contributed by atoms with Gasteiger partial charge in [0.05, 0.1) is 0 Å². The van der Waals surface area contributed by atoms with Crippen LogP contribution in [0.2, 0.25) is 0 Å². The van der Waals surface area contributed by atoms with E-state index >= 15 is 0 Å². The van der Waals surface area contributed by atoms with E-state index in [1.54, 1.807) is 11.8 Å². The van der Waals surface area contributed by atoms with Crippen molar-refractivity contribution in [2.75, 3.05) is 13.1 Å². The zero-order chi connectivity index (χ0) is 11.4. The van der Waals surface area contributed by atoms with E-state index in [0.717, 1.165) is 0 Å². The molecule has 0 aliphatic heterocycles. The lowest BCUT2D eigenvalue weighted by atomic mass is 10.2. The molecule has 5 heteroatoms. The van der Waals surface area contributed by atoms with Crippen molar-refractivity contribution in [3.05, 3.63) is 17.0 Å². The van der Waals surface area contributed by atoms with E-state index in [-0.39, 0.29) is 12.5 Å². The van der Waals surface area contributed by atoms with Crippen LogP contribution in [0.3, 0.4) is 0 Å². The maximum atomic E-state index is 11.9. The highest BCUT2D eigenvalue weighted by molar-refractivity contribution is 5.93. The molecule has 5 nitrogen and oxygen atoms in total. The number of carbonyl (C=O) groups is 1. The quantitative estimate of drug-likeness (QED) is 0.804. The number of hydrogen-bond donors (Lipinski definition) is 1. The molecule has 1 rings (SSSR count). The van der Waals surface area contributed by atoms with Crippen molar-refractivity contribution in [2.24, 2.45) is 5.73 Å². The summed E-state index contributed by atoms with van der Waals surface area (Å²) in [6.45, 7) is 7.20. The third kappa shape index (κ3) is 2.18. The van der Waals surface area contributed by atoms with Gasteiger partial charge in [-0.05, 0) is 20.8 Å². The van der Waals surface area contributed by atoms with Gasteiger partial charge in [0.2, 0.25) is 0 Å². The highest BCUT2D eigenvalue weighted by Crippen LogP contribution is 2.14. The molecule has 0 atom stereocenters. The summed E-state index contributed by atoms with van der Waals surface area (Å²) in [5.41, 5.74) is 6.59. The van der Waals surface area contributed by atoms with Gasteiger partial charge in [-0.1, -0.05) is 5.16 Å². The third-order valence-corrected chi connectivity index (χ3v) is 2.44. The molecule has 1 amide bonds. The molecule has 0 saturated heterocycles. The first-order valence-corrected chi connectivity index (χ1v) is 5.10. The summed E-state index contributed by atoms with van der Waals surface area (Å²) >= 11 is 0. The lowest BCUT2D eigenvalue weighted by Gasteiger charge is -2.17. The molecule has 2 N–H and O–H groups in total. The van der Waals surface area contributed by atoms with Gasteiger partial charge in [-0.25, -0.2) is 0 Å². The minimum absolute atomic E-state index is 0.114. The highest BCUT2D eigenvalue weighted by atomic mass is 16.5. The van der Waals surface area contributed by atoms with Crippen LogP contribution < -0.4 is 5.73 Å². The summed E-state index contributed by atoms with van der Waals surface area (Å²) < 4.78 is 4.97. The molecule has 0 bridgehead atoms. The second-order valence-electron chi connectivity index (χ2n) is 3.25. The van der Waals surface area contributed by atoms with Crippen LogP contribution in [0.1, 0.15) is 35.7 Å². The minimum Gasteiger partial charge on any atom is -0.361 e. The fourth-order valence-corrected chi connectivity index (χ4v) is 1.46. The van der Waals surface area contributed by atoms with Crippen LogP contribution >= 0.6 is 0 Å². The molecular formula is C10H17N3O2. The van der Waals surface area contributed by atoms with Crippen molar-refractivity contribution in [2.45, 2.75) is 27.3 Å². The number of hydrogen-bond acceptors (Lipinski definition) is 4. The Morgan fingerprint density at radius 3 is 2.53 bits per heavy atom. The summed E-state index contributed by atoms with van der Waals surface area (Å²) in [7, 11) is 0. The summed E-state index contributed by atoms with van der Waals surface area (Å²) in [5.74, 6) is 0.505. The van der Waals surface area contributed by atoms with E-state index < -0.39 is 0 Å². The minimum atomic E-state index is -0.114. The smallest absolute Gasteiger partial charge is 0.276 e. The van der Waals surface area contributed by atoms with Crippen LogP contribution in [0.4, 0.5) is 0 Å². The van der Waals surface area contributed by atoms with Crippen molar-refractivity contribution in [1.29, 1.82) is 0 Å². The second-order valence-corrected chi connectivity index (χ2v) is 3.25. The Kier molecular flexibility index (Phi) is 3.85. The number of nitrogens with zero attached hydrogens (tertiary/aromatic N) is 2. The van der Waals surface area contributed by atoms with Gasteiger partial charge in [0.15, 0.2) is 5.69 Å². The van der Waals surface area contributed by atoms with Gasteiger partial charge in [0.1, 0.15) is 5.76 Å². The standard InChI is InChI=1S/C10H17N3O2/c1-4-13(5-2)10(14)9-8(6-11)7(3)15-12-9/h4-6,11H2,1-3H3. The molecule has 0 saturated carbocycles. The number of amides is 1. The third-order valence-electron chi connectivity index (χ3n) is 2.44. The van der Waals surface area contributed by atoms with E-state index in [4.69, 9.17) is 10.3 Å². The van der Waals surface area contributed by atoms with Gasteiger partial charge in [0, 0.05) is 25.2 Å². The fourth-order valence-electron chi connectivity index (χ4n) is 1.46. The molecule has 0 unspecified atom stereocenters. The molecule has 0 spiro atoms. The van der Waals surface area contributed by atoms with Gasteiger partial charge >= 0.3 is 0 Å².